The zero-order valence-corrected chi connectivity index (χ0v) is 12.5. The number of nitro benzene ring substituents is 1. The van der Waals surface area contributed by atoms with Gasteiger partial charge in [-0.05, 0) is 24.1 Å². The SMILES string of the molecule is COc1cccc(C(Br)Cc2ccccc2[N+](=O)[O-])c1. The van der Waals surface area contributed by atoms with E-state index in [-0.39, 0.29) is 15.4 Å². The van der Waals surface area contributed by atoms with Crippen molar-refractivity contribution in [2.75, 3.05) is 7.11 Å². The van der Waals surface area contributed by atoms with Crippen molar-refractivity contribution in [2.24, 2.45) is 0 Å². The van der Waals surface area contributed by atoms with Crippen molar-refractivity contribution in [3.63, 3.8) is 0 Å². The molecule has 0 aliphatic rings. The molecule has 2 aromatic rings. The summed E-state index contributed by atoms with van der Waals surface area (Å²) >= 11 is 3.59. The number of methoxy groups -OCH3 is 1. The highest BCUT2D eigenvalue weighted by Crippen LogP contribution is 2.32. The monoisotopic (exact) mass is 335 g/mol. The van der Waals surface area contributed by atoms with Gasteiger partial charge in [0.25, 0.3) is 5.69 Å². The van der Waals surface area contributed by atoms with Crippen LogP contribution in [0.1, 0.15) is 16.0 Å². The van der Waals surface area contributed by atoms with Gasteiger partial charge in [-0.2, -0.15) is 0 Å². The normalized spacial score (nSPS) is 11.9. The van der Waals surface area contributed by atoms with Gasteiger partial charge in [-0.3, -0.25) is 10.1 Å². The smallest absolute Gasteiger partial charge is 0.272 e. The molecule has 1 atom stereocenters. The number of ether oxygens (including phenoxy) is 1. The number of benzene rings is 2. The maximum atomic E-state index is 11.0. The van der Waals surface area contributed by atoms with Gasteiger partial charge < -0.3 is 4.74 Å². The zero-order chi connectivity index (χ0) is 14.5. The van der Waals surface area contributed by atoms with Crippen molar-refractivity contribution in [3.05, 3.63) is 69.8 Å². The van der Waals surface area contributed by atoms with Crippen LogP contribution in [0.25, 0.3) is 0 Å². The molecule has 0 aromatic heterocycles. The number of hydrogen-bond acceptors (Lipinski definition) is 3. The summed E-state index contributed by atoms with van der Waals surface area (Å²) in [4.78, 5) is 10.7. The first kappa shape index (κ1) is 14.5. The van der Waals surface area contributed by atoms with Crippen LogP contribution in [0.2, 0.25) is 0 Å². The van der Waals surface area contributed by atoms with Crippen LogP contribution in [-0.4, -0.2) is 12.0 Å². The Morgan fingerprint density at radius 3 is 2.70 bits per heavy atom. The first-order chi connectivity index (χ1) is 9.61. The van der Waals surface area contributed by atoms with E-state index < -0.39 is 0 Å². The molecule has 0 aliphatic carbocycles. The Morgan fingerprint density at radius 2 is 2.00 bits per heavy atom. The second kappa shape index (κ2) is 6.52. The van der Waals surface area contributed by atoms with Crippen LogP contribution in [0.4, 0.5) is 5.69 Å². The Balaban J connectivity index is 2.23. The third-order valence-electron chi connectivity index (χ3n) is 3.04. The van der Waals surface area contributed by atoms with Crippen LogP contribution in [-0.2, 0) is 6.42 Å². The van der Waals surface area contributed by atoms with Gasteiger partial charge >= 0.3 is 0 Å². The molecule has 0 saturated heterocycles. The van der Waals surface area contributed by atoms with E-state index in [0.29, 0.717) is 12.0 Å². The lowest BCUT2D eigenvalue weighted by Crippen LogP contribution is -2.00. The fourth-order valence-corrected chi connectivity index (χ4v) is 2.64. The molecule has 20 heavy (non-hydrogen) atoms. The predicted octanol–water partition coefficient (Wildman–Crippen LogP) is 4.28. The lowest BCUT2D eigenvalue weighted by molar-refractivity contribution is -0.385. The summed E-state index contributed by atoms with van der Waals surface area (Å²) in [6.45, 7) is 0. The second-order valence-electron chi connectivity index (χ2n) is 4.33. The lowest BCUT2D eigenvalue weighted by atomic mass is 10.0. The van der Waals surface area contributed by atoms with Crippen molar-refractivity contribution in [1.29, 1.82) is 0 Å². The number of nitro groups is 1. The Morgan fingerprint density at radius 1 is 1.25 bits per heavy atom. The van der Waals surface area contributed by atoms with Crippen molar-refractivity contribution < 1.29 is 9.66 Å². The molecule has 4 nitrogen and oxygen atoms in total. The number of hydrogen-bond donors (Lipinski definition) is 0. The van der Waals surface area contributed by atoms with Gasteiger partial charge in [0.2, 0.25) is 0 Å². The average Bonchev–Trinajstić information content (AvgIpc) is 2.47. The molecule has 0 heterocycles. The number of nitrogens with zero attached hydrogens (tertiary/aromatic N) is 1. The second-order valence-corrected chi connectivity index (χ2v) is 5.44. The highest BCUT2D eigenvalue weighted by atomic mass is 79.9. The molecular weight excluding hydrogens is 322 g/mol. The highest BCUT2D eigenvalue weighted by molar-refractivity contribution is 9.09. The van der Waals surface area contributed by atoms with Crippen molar-refractivity contribution in [1.82, 2.24) is 0 Å². The van der Waals surface area contributed by atoms with Crippen LogP contribution < -0.4 is 4.74 Å². The van der Waals surface area contributed by atoms with E-state index in [1.165, 1.54) is 6.07 Å². The van der Waals surface area contributed by atoms with E-state index in [4.69, 9.17) is 4.74 Å². The van der Waals surface area contributed by atoms with Crippen LogP contribution in [0.3, 0.4) is 0 Å². The molecule has 0 aliphatic heterocycles. The molecule has 2 aromatic carbocycles. The molecule has 0 amide bonds. The van der Waals surface area contributed by atoms with Crippen LogP contribution in [0.5, 0.6) is 5.75 Å². The summed E-state index contributed by atoms with van der Waals surface area (Å²) in [5.41, 5.74) is 1.89. The van der Waals surface area contributed by atoms with Gasteiger partial charge in [-0.1, -0.05) is 46.3 Å². The van der Waals surface area contributed by atoms with Gasteiger partial charge in [0.15, 0.2) is 0 Å². The number of halogens is 1. The van der Waals surface area contributed by atoms with Gasteiger partial charge in [0, 0.05) is 16.5 Å². The van der Waals surface area contributed by atoms with Gasteiger partial charge in [-0.15, -0.1) is 0 Å². The quantitative estimate of drug-likeness (QED) is 0.465. The lowest BCUT2D eigenvalue weighted by Gasteiger charge is -2.11. The molecule has 2 rings (SSSR count). The summed E-state index contributed by atoms with van der Waals surface area (Å²) in [6.07, 6.45) is 0.546. The van der Waals surface area contributed by atoms with Crippen LogP contribution in [0.15, 0.2) is 48.5 Å². The summed E-state index contributed by atoms with van der Waals surface area (Å²) in [5.74, 6) is 0.773. The topological polar surface area (TPSA) is 52.4 Å². The first-order valence-electron chi connectivity index (χ1n) is 6.12. The van der Waals surface area contributed by atoms with Gasteiger partial charge in [-0.25, -0.2) is 0 Å². The zero-order valence-electron chi connectivity index (χ0n) is 11.0. The number of para-hydroxylation sites is 1. The molecule has 0 N–H and O–H groups in total. The molecule has 0 radical (unpaired) electrons. The molecule has 1 unspecified atom stereocenters. The average molecular weight is 336 g/mol. The minimum atomic E-state index is -0.347. The van der Waals surface area contributed by atoms with Crippen molar-refractivity contribution >= 4 is 21.6 Å². The number of rotatable bonds is 5. The van der Waals surface area contributed by atoms with E-state index in [2.05, 4.69) is 15.9 Å². The maximum Gasteiger partial charge on any atom is 0.272 e. The molecule has 0 saturated carbocycles. The standard InChI is InChI=1S/C15H14BrNO3/c1-20-13-7-4-6-11(9-13)14(16)10-12-5-2-3-8-15(12)17(18)19/h2-9,14H,10H2,1H3. The Labute approximate surface area is 125 Å². The minimum absolute atomic E-state index is 0.00120. The van der Waals surface area contributed by atoms with Gasteiger partial charge in [0.05, 0.1) is 12.0 Å². The van der Waals surface area contributed by atoms with Crippen LogP contribution in [0, 0.1) is 10.1 Å². The first-order valence-corrected chi connectivity index (χ1v) is 7.03. The summed E-state index contributed by atoms with van der Waals surface area (Å²) < 4.78 is 5.19. The van der Waals surface area contributed by atoms with E-state index in [1.54, 1.807) is 19.2 Å². The number of alkyl halides is 1. The third-order valence-corrected chi connectivity index (χ3v) is 3.90. The van der Waals surface area contributed by atoms with Crippen molar-refractivity contribution in [2.45, 2.75) is 11.2 Å². The third kappa shape index (κ3) is 3.36. The largest absolute Gasteiger partial charge is 0.497 e. The fourth-order valence-electron chi connectivity index (χ4n) is 2.01. The van der Waals surface area contributed by atoms with Crippen LogP contribution >= 0.6 is 15.9 Å². The van der Waals surface area contributed by atoms with E-state index >= 15 is 0 Å². The van der Waals surface area contributed by atoms with E-state index in [1.807, 2.05) is 30.3 Å². The molecule has 0 spiro atoms. The molecule has 104 valence electrons. The van der Waals surface area contributed by atoms with Gasteiger partial charge in [0.1, 0.15) is 5.75 Å². The summed E-state index contributed by atoms with van der Waals surface area (Å²) in [7, 11) is 1.62. The van der Waals surface area contributed by atoms with Crippen molar-refractivity contribution in [3.8, 4) is 5.75 Å². The minimum Gasteiger partial charge on any atom is -0.497 e. The predicted molar refractivity (Wildman–Crippen MR) is 81.5 cm³/mol. The fraction of sp³-hybridized carbons (Fsp3) is 0.200. The maximum absolute atomic E-state index is 11.0. The highest BCUT2D eigenvalue weighted by Gasteiger charge is 2.17. The Hall–Kier alpha value is -1.88. The molecule has 0 bridgehead atoms. The molecule has 5 heteroatoms. The Kier molecular flexibility index (Phi) is 4.74. The molecular formula is C15H14BrNO3. The Bertz CT molecular complexity index is 616. The molecule has 0 fully saturated rings. The summed E-state index contributed by atoms with van der Waals surface area (Å²) in [6, 6.07) is 14.5. The van der Waals surface area contributed by atoms with E-state index in [9.17, 15) is 10.1 Å². The van der Waals surface area contributed by atoms with E-state index in [0.717, 1.165) is 11.3 Å². The summed E-state index contributed by atoms with van der Waals surface area (Å²) in [5, 5.41) is 11.0.